The molecule has 0 saturated carbocycles. The second-order valence-corrected chi connectivity index (χ2v) is 7.09. The van der Waals surface area contributed by atoms with Crippen molar-refractivity contribution in [2.24, 2.45) is 0 Å². The summed E-state index contributed by atoms with van der Waals surface area (Å²) in [5.41, 5.74) is 0.732. The lowest BCUT2D eigenvalue weighted by molar-refractivity contribution is -0.122. The maximum absolute atomic E-state index is 12.1. The van der Waals surface area contributed by atoms with Crippen molar-refractivity contribution < 1.29 is 14.3 Å². The van der Waals surface area contributed by atoms with E-state index in [0.717, 1.165) is 17.9 Å². The van der Waals surface area contributed by atoms with Crippen molar-refractivity contribution >= 4 is 29.3 Å². The third-order valence-electron chi connectivity index (χ3n) is 4.03. The van der Waals surface area contributed by atoms with Gasteiger partial charge in [-0.05, 0) is 36.4 Å². The number of amides is 2. The van der Waals surface area contributed by atoms with Crippen LogP contribution in [0, 0.1) is 0 Å². The van der Waals surface area contributed by atoms with Crippen LogP contribution in [0.25, 0.3) is 0 Å². The predicted molar refractivity (Wildman–Crippen MR) is 104 cm³/mol. The Labute approximate surface area is 157 Å². The lowest BCUT2D eigenvalue weighted by Gasteiger charge is -2.29. The fourth-order valence-corrected chi connectivity index (χ4v) is 3.58. The highest BCUT2D eigenvalue weighted by Crippen LogP contribution is 2.31. The molecule has 0 aliphatic carbocycles. The van der Waals surface area contributed by atoms with Crippen LogP contribution >= 0.6 is 11.8 Å². The van der Waals surface area contributed by atoms with Gasteiger partial charge in [-0.25, -0.2) is 0 Å². The van der Waals surface area contributed by atoms with Crippen LogP contribution in [0.4, 0.5) is 5.69 Å². The Kier molecular flexibility index (Phi) is 6.55. The average molecular weight is 370 g/mol. The van der Waals surface area contributed by atoms with Crippen molar-refractivity contribution in [3.05, 3.63) is 54.6 Å². The fraction of sp³-hybridized carbons (Fsp3) is 0.300. The van der Waals surface area contributed by atoms with E-state index in [0.29, 0.717) is 18.8 Å². The second kappa shape index (κ2) is 9.29. The number of thioether (sulfide) groups is 1. The van der Waals surface area contributed by atoms with E-state index in [1.807, 2.05) is 42.5 Å². The number of carbonyl (C=O) groups excluding carboxylic acids is 2. The fourth-order valence-electron chi connectivity index (χ4n) is 2.71. The molecule has 1 aliphatic rings. The molecule has 5 nitrogen and oxygen atoms in total. The summed E-state index contributed by atoms with van der Waals surface area (Å²) in [5, 5.41) is 2.93. The highest BCUT2D eigenvalue weighted by molar-refractivity contribution is 7.99. The summed E-state index contributed by atoms with van der Waals surface area (Å²) < 4.78 is 5.41. The Morgan fingerprint density at radius 1 is 1.12 bits per heavy atom. The summed E-state index contributed by atoms with van der Waals surface area (Å²) in [6.45, 7) is 1.03. The van der Waals surface area contributed by atoms with E-state index in [1.165, 1.54) is 4.90 Å². The van der Waals surface area contributed by atoms with E-state index >= 15 is 0 Å². The molecule has 0 radical (unpaired) electrons. The van der Waals surface area contributed by atoms with Crippen LogP contribution in [0.2, 0.25) is 0 Å². The van der Waals surface area contributed by atoms with Crippen molar-refractivity contribution in [3.63, 3.8) is 0 Å². The van der Waals surface area contributed by atoms with Crippen LogP contribution in [0.1, 0.15) is 12.8 Å². The number of nitrogens with zero attached hydrogens (tertiary/aromatic N) is 1. The van der Waals surface area contributed by atoms with Gasteiger partial charge in [0.1, 0.15) is 5.75 Å². The molecule has 2 aromatic rings. The second-order valence-electron chi connectivity index (χ2n) is 5.92. The normalized spacial score (nSPS) is 13.1. The van der Waals surface area contributed by atoms with Gasteiger partial charge < -0.3 is 15.0 Å². The molecule has 0 saturated heterocycles. The molecule has 0 unspecified atom stereocenters. The third kappa shape index (κ3) is 5.02. The van der Waals surface area contributed by atoms with E-state index in [-0.39, 0.29) is 24.8 Å². The molecule has 2 amide bonds. The van der Waals surface area contributed by atoms with Crippen LogP contribution in [0.3, 0.4) is 0 Å². The van der Waals surface area contributed by atoms with Crippen molar-refractivity contribution in [2.45, 2.75) is 17.7 Å². The molecule has 26 heavy (non-hydrogen) atoms. The summed E-state index contributed by atoms with van der Waals surface area (Å²) in [6, 6.07) is 17.6. The largest absolute Gasteiger partial charge is 0.482 e. The van der Waals surface area contributed by atoms with Gasteiger partial charge in [-0.3, -0.25) is 9.59 Å². The maximum Gasteiger partial charge on any atom is 0.265 e. The highest BCUT2D eigenvalue weighted by atomic mass is 32.2. The van der Waals surface area contributed by atoms with Gasteiger partial charge in [0.2, 0.25) is 5.91 Å². The number of nitrogens with one attached hydrogen (secondary N) is 1. The molecule has 136 valence electrons. The molecule has 0 fully saturated rings. The summed E-state index contributed by atoms with van der Waals surface area (Å²) >= 11 is 1.78. The number of hydrogen-bond acceptors (Lipinski definition) is 4. The standard InChI is InChI=1S/C20H22N2O3S/c23-19(21-12-6-14-26-16-7-2-1-3-8-16)11-13-22-17-9-4-5-10-18(17)25-15-20(22)24/h1-5,7-10H,6,11-15H2,(H,21,23). The first-order chi connectivity index (χ1) is 12.7. The van der Waals surface area contributed by atoms with E-state index in [4.69, 9.17) is 4.74 Å². The molecule has 3 rings (SSSR count). The van der Waals surface area contributed by atoms with Crippen molar-refractivity contribution in [1.82, 2.24) is 5.32 Å². The average Bonchev–Trinajstić information content (AvgIpc) is 2.68. The number of anilines is 1. The summed E-state index contributed by atoms with van der Waals surface area (Å²) in [5.74, 6) is 1.49. The Morgan fingerprint density at radius 3 is 2.73 bits per heavy atom. The minimum Gasteiger partial charge on any atom is -0.482 e. The summed E-state index contributed by atoms with van der Waals surface area (Å²) in [6.07, 6.45) is 1.19. The molecule has 1 N–H and O–H groups in total. The van der Waals surface area contributed by atoms with Crippen molar-refractivity contribution in [3.8, 4) is 5.75 Å². The van der Waals surface area contributed by atoms with Gasteiger partial charge in [-0.1, -0.05) is 30.3 Å². The zero-order valence-electron chi connectivity index (χ0n) is 14.5. The van der Waals surface area contributed by atoms with E-state index in [9.17, 15) is 9.59 Å². The topological polar surface area (TPSA) is 58.6 Å². The lowest BCUT2D eigenvalue weighted by Crippen LogP contribution is -2.41. The van der Waals surface area contributed by atoms with Crippen LogP contribution in [-0.2, 0) is 9.59 Å². The minimum atomic E-state index is -0.115. The molecule has 0 bridgehead atoms. The quantitative estimate of drug-likeness (QED) is 0.573. The van der Waals surface area contributed by atoms with Gasteiger partial charge >= 0.3 is 0 Å². The van der Waals surface area contributed by atoms with Crippen molar-refractivity contribution in [2.75, 3.05) is 30.3 Å². The van der Waals surface area contributed by atoms with Gasteiger partial charge in [0.25, 0.3) is 5.91 Å². The molecular weight excluding hydrogens is 348 g/mol. The number of fused-ring (bicyclic) bond motifs is 1. The lowest BCUT2D eigenvalue weighted by atomic mass is 10.2. The van der Waals surface area contributed by atoms with Gasteiger partial charge in [-0.2, -0.15) is 0 Å². The Balaban J connectivity index is 1.37. The Bertz CT molecular complexity index is 752. The number of benzene rings is 2. The molecule has 0 atom stereocenters. The zero-order valence-corrected chi connectivity index (χ0v) is 15.3. The number of para-hydroxylation sites is 2. The Hall–Kier alpha value is -2.47. The molecule has 6 heteroatoms. The number of ether oxygens (including phenoxy) is 1. The zero-order chi connectivity index (χ0) is 18.2. The molecular formula is C20H22N2O3S. The number of hydrogen-bond donors (Lipinski definition) is 1. The molecule has 0 spiro atoms. The van der Waals surface area contributed by atoms with E-state index < -0.39 is 0 Å². The van der Waals surface area contributed by atoms with Crippen LogP contribution in [0.5, 0.6) is 5.75 Å². The van der Waals surface area contributed by atoms with Crippen LogP contribution < -0.4 is 15.0 Å². The van der Waals surface area contributed by atoms with E-state index in [2.05, 4.69) is 17.4 Å². The first-order valence-electron chi connectivity index (χ1n) is 8.71. The minimum absolute atomic E-state index is 0.0232. The molecule has 1 aliphatic heterocycles. The molecule has 2 aromatic carbocycles. The third-order valence-corrected chi connectivity index (χ3v) is 5.12. The Morgan fingerprint density at radius 2 is 1.88 bits per heavy atom. The SMILES string of the molecule is O=C(CCN1C(=O)COc2ccccc21)NCCCSc1ccccc1. The smallest absolute Gasteiger partial charge is 0.265 e. The van der Waals surface area contributed by atoms with E-state index in [1.54, 1.807) is 16.7 Å². The van der Waals surface area contributed by atoms with Crippen molar-refractivity contribution in [1.29, 1.82) is 0 Å². The van der Waals surface area contributed by atoms with Crippen LogP contribution in [0.15, 0.2) is 59.5 Å². The summed E-state index contributed by atoms with van der Waals surface area (Å²) in [7, 11) is 0. The van der Waals surface area contributed by atoms with Gasteiger partial charge in [-0.15, -0.1) is 11.8 Å². The van der Waals surface area contributed by atoms with Crippen LogP contribution in [-0.4, -0.2) is 37.3 Å². The highest BCUT2D eigenvalue weighted by Gasteiger charge is 2.25. The molecule has 0 aromatic heterocycles. The predicted octanol–water partition coefficient (Wildman–Crippen LogP) is 3.10. The number of rotatable bonds is 8. The van der Waals surface area contributed by atoms with Gasteiger partial charge in [0.15, 0.2) is 6.61 Å². The van der Waals surface area contributed by atoms with Gasteiger partial charge in [0.05, 0.1) is 5.69 Å². The number of carbonyl (C=O) groups is 2. The van der Waals surface area contributed by atoms with Gasteiger partial charge in [0, 0.05) is 24.4 Å². The maximum atomic E-state index is 12.1. The monoisotopic (exact) mass is 370 g/mol. The first-order valence-corrected chi connectivity index (χ1v) is 9.69. The molecule has 1 heterocycles. The first kappa shape index (κ1) is 18.3. The summed E-state index contributed by atoms with van der Waals surface area (Å²) in [4.78, 5) is 27.0.